The molecule has 2 unspecified atom stereocenters. The average Bonchev–Trinajstić information content (AvgIpc) is 2.60. The van der Waals surface area contributed by atoms with Crippen LogP contribution in [0.5, 0.6) is 0 Å². The summed E-state index contributed by atoms with van der Waals surface area (Å²) in [4.78, 5) is 7.37. The predicted octanol–water partition coefficient (Wildman–Crippen LogP) is 1.16. The zero-order valence-electron chi connectivity index (χ0n) is 7.53. The van der Waals surface area contributed by atoms with Gasteiger partial charge in [-0.15, -0.1) is 11.3 Å². The summed E-state index contributed by atoms with van der Waals surface area (Å²) in [5.74, 6) is 0. The second kappa shape index (κ2) is 4.92. The third-order valence-corrected chi connectivity index (χ3v) is 2.57. The summed E-state index contributed by atoms with van der Waals surface area (Å²) in [5, 5.41) is 22.5. The van der Waals surface area contributed by atoms with Crippen LogP contribution >= 0.6 is 11.3 Å². The first kappa shape index (κ1) is 10.9. The van der Waals surface area contributed by atoms with Gasteiger partial charge in [0.15, 0.2) is 0 Å². The molecule has 14 heavy (non-hydrogen) atoms. The van der Waals surface area contributed by atoms with E-state index in [0.29, 0.717) is 5.01 Å². The van der Waals surface area contributed by atoms with E-state index in [2.05, 4.69) is 15.0 Å². The van der Waals surface area contributed by atoms with E-state index in [-0.39, 0.29) is 6.54 Å². The molecule has 1 aromatic rings. The Hall–Kier alpha value is -1.14. The van der Waals surface area contributed by atoms with Gasteiger partial charge in [0.2, 0.25) is 0 Å². The molecule has 1 heterocycles. The minimum Gasteiger partial charge on any atom is -0.390 e. The number of aliphatic hydroxyl groups excluding tert-OH is 2. The molecule has 6 nitrogen and oxygen atoms in total. The molecule has 0 aromatic carbocycles. The summed E-state index contributed by atoms with van der Waals surface area (Å²) in [6, 6.07) is 0. The third-order valence-electron chi connectivity index (χ3n) is 1.59. The Bertz CT molecular complexity index is 347. The minimum atomic E-state index is -1.10. The summed E-state index contributed by atoms with van der Waals surface area (Å²) < 4.78 is 0. The van der Waals surface area contributed by atoms with E-state index >= 15 is 0 Å². The Labute approximate surface area is 84.5 Å². The van der Waals surface area contributed by atoms with Crippen molar-refractivity contribution in [1.82, 2.24) is 4.98 Å². The van der Waals surface area contributed by atoms with Gasteiger partial charge < -0.3 is 10.2 Å². The molecule has 0 spiro atoms. The van der Waals surface area contributed by atoms with Crippen molar-refractivity contribution in [2.45, 2.75) is 19.1 Å². The van der Waals surface area contributed by atoms with Crippen molar-refractivity contribution in [1.29, 1.82) is 0 Å². The molecular formula is C7H10N4O2S. The van der Waals surface area contributed by atoms with Gasteiger partial charge in [0.05, 0.1) is 12.6 Å². The second-order valence-electron chi connectivity index (χ2n) is 2.73. The Morgan fingerprint density at radius 2 is 2.43 bits per heavy atom. The highest BCUT2D eigenvalue weighted by molar-refractivity contribution is 7.11. The molecule has 1 rings (SSSR count). The fourth-order valence-corrected chi connectivity index (χ4v) is 1.71. The molecule has 0 amide bonds. The van der Waals surface area contributed by atoms with Gasteiger partial charge >= 0.3 is 0 Å². The Morgan fingerprint density at radius 3 is 2.93 bits per heavy atom. The first-order valence-electron chi connectivity index (χ1n) is 3.94. The lowest BCUT2D eigenvalue weighted by atomic mass is 10.2. The van der Waals surface area contributed by atoms with E-state index in [0.717, 1.165) is 4.88 Å². The largest absolute Gasteiger partial charge is 0.390 e. The van der Waals surface area contributed by atoms with Gasteiger partial charge in [0.25, 0.3) is 0 Å². The van der Waals surface area contributed by atoms with Crippen molar-refractivity contribution in [3.05, 3.63) is 26.5 Å². The smallest absolute Gasteiger partial charge is 0.131 e. The van der Waals surface area contributed by atoms with E-state index in [1.807, 2.05) is 6.92 Å². The molecule has 2 N–H and O–H groups in total. The maximum Gasteiger partial charge on any atom is 0.131 e. The van der Waals surface area contributed by atoms with Crippen molar-refractivity contribution < 1.29 is 10.2 Å². The van der Waals surface area contributed by atoms with Crippen molar-refractivity contribution in [2.24, 2.45) is 5.11 Å². The van der Waals surface area contributed by atoms with Crippen LogP contribution in [-0.4, -0.2) is 27.8 Å². The van der Waals surface area contributed by atoms with E-state index < -0.39 is 12.2 Å². The molecule has 1 aromatic heterocycles. The highest BCUT2D eigenvalue weighted by Gasteiger charge is 2.20. The molecule has 0 saturated heterocycles. The fourth-order valence-electron chi connectivity index (χ4n) is 0.894. The lowest BCUT2D eigenvalue weighted by molar-refractivity contribution is 0.0243. The summed E-state index contributed by atoms with van der Waals surface area (Å²) in [6.45, 7) is 1.70. The molecule has 0 bridgehead atoms. The van der Waals surface area contributed by atoms with Crippen LogP contribution in [0.25, 0.3) is 10.4 Å². The molecule has 0 aliphatic carbocycles. The van der Waals surface area contributed by atoms with Gasteiger partial charge in [0, 0.05) is 16.0 Å². The molecular weight excluding hydrogens is 204 g/mol. The van der Waals surface area contributed by atoms with Crippen molar-refractivity contribution in [3.8, 4) is 0 Å². The second-order valence-corrected chi connectivity index (χ2v) is 4.00. The molecule has 0 saturated carbocycles. The molecule has 76 valence electrons. The van der Waals surface area contributed by atoms with Crippen LogP contribution in [0.15, 0.2) is 11.3 Å². The van der Waals surface area contributed by atoms with E-state index in [1.54, 1.807) is 6.20 Å². The zero-order valence-corrected chi connectivity index (χ0v) is 8.35. The number of hydrogen-bond acceptors (Lipinski definition) is 5. The monoisotopic (exact) mass is 214 g/mol. The number of rotatable bonds is 4. The maximum absolute atomic E-state index is 9.54. The Kier molecular flexibility index (Phi) is 3.84. The number of aromatic nitrogens is 1. The average molecular weight is 214 g/mol. The summed E-state index contributed by atoms with van der Waals surface area (Å²) in [7, 11) is 0. The van der Waals surface area contributed by atoms with Gasteiger partial charge in [0.1, 0.15) is 11.1 Å². The first-order chi connectivity index (χ1) is 6.65. The van der Waals surface area contributed by atoms with Gasteiger partial charge in [-0.25, -0.2) is 4.98 Å². The van der Waals surface area contributed by atoms with Crippen LogP contribution in [0.3, 0.4) is 0 Å². The molecule has 0 radical (unpaired) electrons. The highest BCUT2D eigenvalue weighted by atomic mass is 32.1. The maximum atomic E-state index is 9.54. The summed E-state index contributed by atoms with van der Waals surface area (Å²) in [5.41, 5.74) is 8.02. The number of aryl methyl sites for hydroxylation is 1. The first-order valence-corrected chi connectivity index (χ1v) is 4.76. The topological polar surface area (TPSA) is 102 Å². The van der Waals surface area contributed by atoms with Crippen LogP contribution in [0.1, 0.15) is 16.0 Å². The molecule has 0 fully saturated rings. The SMILES string of the molecule is Cc1cnc(C(O)C(O)CN=[N+]=[N-])s1. The summed E-state index contributed by atoms with van der Waals surface area (Å²) >= 11 is 1.30. The van der Waals surface area contributed by atoms with Gasteiger partial charge in [-0.3, -0.25) is 0 Å². The van der Waals surface area contributed by atoms with Crippen LogP contribution in [0, 0.1) is 6.92 Å². The quantitative estimate of drug-likeness (QED) is 0.446. The fraction of sp³-hybridized carbons (Fsp3) is 0.571. The molecule has 0 aliphatic heterocycles. The molecule has 2 atom stereocenters. The van der Waals surface area contributed by atoms with Gasteiger partial charge in [-0.1, -0.05) is 5.11 Å². The normalized spacial score (nSPS) is 14.5. The number of thiazole rings is 1. The predicted molar refractivity (Wildman–Crippen MR) is 51.8 cm³/mol. The summed E-state index contributed by atoms with van der Waals surface area (Å²) in [6.07, 6.45) is -0.570. The van der Waals surface area contributed by atoms with Crippen LogP contribution in [0.4, 0.5) is 0 Å². The highest BCUT2D eigenvalue weighted by Crippen LogP contribution is 2.22. The van der Waals surface area contributed by atoms with Crippen molar-refractivity contribution >= 4 is 11.3 Å². The minimum absolute atomic E-state index is 0.156. The van der Waals surface area contributed by atoms with Gasteiger partial charge in [-0.2, -0.15) is 0 Å². The van der Waals surface area contributed by atoms with Crippen LogP contribution < -0.4 is 0 Å². The third kappa shape index (κ3) is 2.68. The Balaban J connectivity index is 2.64. The van der Waals surface area contributed by atoms with Crippen molar-refractivity contribution in [2.75, 3.05) is 6.54 Å². The molecule has 7 heteroatoms. The van der Waals surface area contributed by atoms with Crippen molar-refractivity contribution in [3.63, 3.8) is 0 Å². The standard InChI is InChI=1S/C7H10N4O2S/c1-4-2-9-7(14-4)6(13)5(12)3-10-11-8/h2,5-6,12-13H,3H2,1H3. The van der Waals surface area contributed by atoms with Crippen LogP contribution in [0.2, 0.25) is 0 Å². The van der Waals surface area contributed by atoms with Gasteiger partial charge in [-0.05, 0) is 12.5 Å². The number of hydrogen-bond donors (Lipinski definition) is 2. The van der Waals surface area contributed by atoms with E-state index in [4.69, 9.17) is 5.53 Å². The lowest BCUT2D eigenvalue weighted by Crippen LogP contribution is -2.20. The lowest BCUT2D eigenvalue weighted by Gasteiger charge is -2.12. The van der Waals surface area contributed by atoms with E-state index in [1.165, 1.54) is 11.3 Å². The number of aliphatic hydroxyl groups is 2. The zero-order chi connectivity index (χ0) is 10.6. The Morgan fingerprint density at radius 1 is 1.71 bits per heavy atom. The number of azide groups is 1. The number of nitrogens with zero attached hydrogens (tertiary/aromatic N) is 4. The van der Waals surface area contributed by atoms with Crippen LogP contribution in [-0.2, 0) is 0 Å². The van der Waals surface area contributed by atoms with E-state index in [9.17, 15) is 10.2 Å². The molecule has 0 aliphatic rings.